The number of hydrogen-bond donors (Lipinski definition) is 3. The smallest absolute Gasteiger partial charge is 0.267 e. The number of imidazole rings is 1. The number of carbonyl (C=O) groups is 1. The number of rotatable bonds is 8. The molecule has 7 heteroatoms. The number of hydrogen-bond acceptors (Lipinski definition) is 5. The summed E-state index contributed by atoms with van der Waals surface area (Å²) < 4.78 is 5.43. The standard InChI is InChI=1S/C27H32N4O3/c32-26(31-34-27-7-3-4-16-33-27)15-12-19-8-10-20(11-9-19)17-25-29-23-14-13-22(18-24(23)30-25)28-21-5-1-2-6-21/h8-15,18,21,27-28H,1-7,16-17H2,(H,29,30)(H,31,32)/b15-12+. The normalized spacial score (nSPS) is 19.1. The van der Waals surface area contributed by atoms with Gasteiger partial charge in [0.25, 0.3) is 5.91 Å². The maximum absolute atomic E-state index is 12.0. The lowest BCUT2D eigenvalue weighted by Gasteiger charge is -2.21. The molecule has 178 valence electrons. The summed E-state index contributed by atoms with van der Waals surface area (Å²) in [6.45, 7) is 0.676. The number of nitrogens with one attached hydrogen (secondary N) is 3. The predicted molar refractivity (Wildman–Crippen MR) is 133 cm³/mol. The maximum Gasteiger partial charge on any atom is 0.267 e. The maximum atomic E-state index is 12.0. The molecule has 1 saturated carbocycles. The molecule has 1 atom stereocenters. The molecule has 1 amide bonds. The van der Waals surface area contributed by atoms with Crippen LogP contribution in [0, 0.1) is 0 Å². The number of aromatic amines is 1. The molecular weight excluding hydrogens is 428 g/mol. The summed E-state index contributed by atoms with van der Waals surface area (Å²) in [6, 6.07) is 15.1. The Balaban J connectivity index is 1.14. The average Bonchev–Trinajstić information content (AvgIpc) is 3.52. The fourth-order valence-corrected chi connectivity index (χ4v) is 4.62. The summed E-state index contributed by atoms with van der Waals surface area (Å²) in [6.07, 6.45) is 11.7. The molecule has 2 aliphatic rings. The topological polar surface area (TPSA) is 88.3 Å². The molecule has 1 aromatic heterocycles. The van der Waals surface area contributed by atoms with Gasteiger partial charge in [-0.3, -0.25) is 4.79 Å². The fraction of sp³-hybridized carbons (Fsp3) is 0.407. The summed E-state index contributed by atoms with van der Waals surface area (Å²) in [7, 11) is 0. The first-order valence-electron chi connectivity index (χ1n) is 12.3. The van der Waals surface area contributed by atoms with Crippen molar-refractivity contribution in [2.24, 2.45) is 0 Å². The van der Waals surface area contributed by atoms with Crippen LogP contribution >= 0.6 is 0 Å². The van der Waals surface area contributed by atoms with Crippen LogP contribution in [0.4, 0.5) is 5.69 Å². The van der Waals surface area contributed by atoms with Crippen molar-refractivity contribution in [2.75, 3.05) is 11.9 Å². The van der Waals surface area contributed by atoms with Crippen LogP contribution in [0.2, 0.25) is 0 Å². The third-order valence-electron chi connectivity index (χ3n) is 6.46. The van der Waals surface area contributed by atoms with E-state index >= 15 is 0 Å². The number of nitrogens with zero attached hydrogens (tertiary/aromatic N) is 1. The fourth-order valence-electron chi connectivity index (χ4n) is 4.62. The van der Waals surface area contributed by atoms with Crippen molar-refractivity contribution in [3.8, 4) is 0 Å². The van der Waals surface area contributed by atoms with Gasteiger partial charge in [-0.1, -0.05) is 37.1 Å². The van der Waals surface area contributed by atoms with Crippen molar-refractivity contribution >= 4 is 28.7 Å². The highest BCUT2D eigenvalue weighted by Crippen LogP contribution is 2.24. The molecule has 0 spiro atoms. The number of amides is 1. The van der Waals surface area contributed by atoms with Gasteiger partial charge in [-0.25, -0.2) is 15.3 Å². The Morgan fingerprint density at radius 3 is 2.71 bits per heavy atom. The monoisotopic (exact) mass is 460 g/mol. The average molecular weight is 461 g/mol. The van der Waals surface area contributed by atoms with Crippen molar-refractivity contribution < 1.29 is 14.4 Å². The van der Waals surface area contributed by atoms with E-state index in [2.05, 4.69) is 46.1 Å². The second-order valence-corrected chi connectivity index (χ2v) is 9.17. The molecule has 0 radical (unpaired) electrons. The first kappa shape index (κ1) is 22.6. The van der Waals surface area contributed by atoms with E-state index in [4.69, 9.17) is 14.6 Å². The van der Waals surface area contributed by atoms with Gasteiger partial charge in [-0.15, -0.1) is 0 Å². The van der Waals surface area contributed by atoms with Crippen LogP contribution in [-0.2, 0) is 20.8 Å². The Hall–Kier alpha value is -3.16. The molecule has 1 unspecified atom stereocenters. The molecule has 3 aromatic rings. The third kappa shape index (κ3) is 6.04. The zero-order valence-electron chi connectivity index (χ0n) is 19.4. The Bertz CT molecular complexity index is 1130. The highest BCUT2D eigenvalue weighted by molar-refractivity contribution is 5.90. The van der Waals surface area contributed by atoms with E-state index in [1.165, 1.54) is 31.8 Å². The van der Waals surface area contributed by atoms with Gasteiger partial charge in [-0.05, 0) is 61.1 Å². The summed E-state index contributed by atoms with van der Waals surface area (Å²) in [5.41, 5.74) is 7.74. The number of ether oxygens (including phenoxy) is 1. The lowest BCUT2D eigenvalue weighted by Crippen LogP contribution is -2.32. The van der Waals surface area contributed by atoms with E-state index in [0.29, 0.717) is 12.6 Å². The van der Waals surface area contributed by atoms with Gasteiger partial charge in [0.15, 0.2) is 6.29 Å². The van der Waals surface area contributed by atoms with E-state index in [1.807, 2.05) is 12.1 Å². The molecule has 34 heavy (non-hydrogen) atoms. The first-order chi connectivity index (χ1) is 16.7. The van der Waals surface area contributed by atoms with Crippen LogP contribution in [0.5, 0.6) is 0 Å². The first-order valence-corrected chi connectivity index (χ1v) is 12.3. The molecule has 2 fully saturated rings. The van der Waals surface area contributed by atoms with E-state index in [-0.39, 0.29) is 12.2 Å². The molecule has 2 aromatic carbocycles. The molecule has 1 aliphatic heterocycles. The number of hydroxylamine groups is 1. The van der Waals surface area contributed by atoms with Gasteiger partial charge in [0.1, 0.15) is 5.82 Å². The Morgan fingerprint density at radius 1 is 1.09 bits per heavy atom. The second kappa shape index (κ2) is 10.8. The quantitative estimate of drug-likeness (QED) is 0.322. The van der Waals surface area contributed by atoms with Crippen LogP contribution in [0.1, 0.15) is 61.9 Å². The number of carbonyl (C=O) groups excluding carboxylic acids is 1. The second-order valence-electron chi connectivity index (χ2n) is 9.17. The van der Waals surface area contributed by atoms with E-state index in [1.54, 1.807) is 6.08 Å². The van der Waals surface area contributed by atoms with Gasteiger partial charge < -0.3 is 15.0 Å². The number of H-pyrrole nitrogens is 1. The number of benzene rings is 2. The van der Waals surface area contributed by atoms with Crippen LogP contribution in [0.15, 0.2) is 48.5 Å². The minimum absolute atomic E-state index is 0.303. The van der Waals surface area contributed by atoms with Gasteiger partial charge >= 0.3 is 0 Å². The number of fused-ring (bicyclic) bond motifs is 1. The van der Waals surface area contributed by atoms with Crippen molar-refractivity contribution in [3.63, 3.8) is 0 Å². The zero-order chi connectivity index (χ0) is 23.2. The molecule has 3 N–H and O–H groups in total. The third-order valence-corrected chi connectivity index (χ3v) is 6.46. The van der Waals surface area contributed by atoms with E-state index in [9.17, 15) is 4.79 Å². The minimum atomic E-state index is -0.348. The molecular formula is C27H32N4O3. The van der Waals surface area contributed by atoms with Gasteiger partial charge in [0.05, 0.1) is 11.0 Å². The van der Waals surface area contributed by atoms with Crippen LogP contribution in [-0.4, -0.2) is 34.8 Å². The zero-order valence-corrected chi connectivity index (χ0v) is 19.4. The summed E-state index contributed by atoms with van der Waals surface area (Å²) in [4.78, 5) is 25.5. The van der Waals surface area contributed by atoms with Crippen molar-refractivity contribution in [1.82, 2.24) is 15.4 Å². The van der Waals surface area contributed by atoms with Gasteiger partial charge in [0, 0.05) is 37.3 Å². The minimum Gasteiger partial charge on any atom is -0.382 e. The van der Waals surface area contributed by atoms with Crippen LogP contribution in [0.3, 0.4) is 0 Å². The molecule has 7 nitrogen and oxygen atoms in total. The highest BCUT2D eigenvalue weighted by Gasteiger charge is 2.16. The van der Waals surface area contributed by atoms with Gasteiger partial charge in [-0.2, -0.15) is 0 Å². The van der Waals surface area contributed by atoms with Crippen molar-refractivity contribution in [1.29, 1.82) is 0 Å². The SMILES string of the molecule is O=C(/C=C/c1ccc(Cc2nc3ccc(NC4CCCC4)cc3[nH]2)cc1)NOC1CCCCO1. The Morgan fingerprint density at radius 2 is 1.91 bits per heavy atom. The van der Waals surface area contributed by atoms with Gasteiger partial charge in [0.2, 0.25) is 0 Å². The number of aromatic nitrogens is 2. The lowest BCUT2D eigenvalue weighted by atomic mass is 10.1. The Labute approximate surface area is 199 Å². The lowest BCUT2D eigenvalue weighted by molar-refractivity contribution is -0.198. The van der Waals surface area contributed by atoms with Crippen LogP contribution in [0.25, 0.3) is 17.1 Å². The highest BCUT2D eigenvalue weighted by atomic mass is 16.8. The predicted octanol–water partition coefficient (Wildman–Crippen LogP) is 5.10. The Kier molecular flexibility index (Phi) is 7.22. The summed E-state index contributed by atoms with van der Waals surface area (Å²) in [5, 5.41) is 3.65. The molecule has 5 rings (SSSR count). The van der Waals surface area contributed by atoms with E-state index < -0.39 is 0 Å². The van der Waals surface area contributed by atoms with Crippen molar-refractivity contribution in [3.05, 3.63) is 65.5 Å². The summed E-state index contributed by atoms with van der Waals surface area (Å²) >= 11 is 0. The largest absolute Gasteiger partial charge is 0.382 e. The molecule has 2 heterocycles. The molecule has 1 saturated heterocycles. The van der Waals surface area contributed by atoms with E-state index in [0.717, 1.165) is 59.4 Å². The molecule has 0 bridgehead atoms. The summed E-state index contributed by atoms with van der Waals surface area (Å²) in [5.74, 6) is 0.639. The van der Waals surface area contributed by atoms with Crippen LogP contribution < -0.4 is 10.8 Å². The number of anilines is 1. The molecule has 1 aliphatic carbocycles. The van der Waals surface area contributed by atoms with Crippen molar-refractivity contribution in [2.45, 2.75) is 63.7 Å².